The van der Waals surface area contributed by atoms with Gasteiger partial charge >= 0.3 is 5.97 Å². The number of hydrogen-bond donors (Lipinski definition) is 2. The van der Waals surface area contributed by atoms with E-state index in [4.69, 9.17) is 16.3 Å². The van der Waals surface area contributed by atoms with Gasteiger partial charge in [-0.25, -0.2) is 4.79 Å². The molecule has 0 radical (unpaired) electrons. The molecule has 2 aromatic rings. The average Bonchev–Trinajstić information content (AvgIpc) is 3.15. The SMILES string of the molecule is CCOC(=O)C(O)C(Cc1ccccc1)NC(=O)C1CCC(=O)N1Cc1ccccc1Cl. The number of aliphatic hydroxyl groups is 1. The summed E-state index contributed by atoms with van der Waals surface area (Å²) in [6, 6.07) is 14.8. The molecule has 0 saturated carbocycles. The van der Waals surface area contributed by atoms with Crippen molar-refractivity contribution in [2.75, 3.05) is 6.61 Å². The summed E-state index contributed by atoms with van der Waals surface area (Å²) in [5.74, 6) is -1.37. The normalized spacial score (nSPS) is 17.7. The van der Waals surface area contributed by atoms with Crippen LogP contribution < -0.4 is 5.32 Å². The average molecular weight is 459 g/mol. The summed E-state index contributed by atoms with van der Waals surface area (Å²) in [6.07, 6.45) is -0.708. The number of ether oxygens (including phenoxy) is 1. The molecule has 1 saturated heterocycles. The molecule has 3 unspecified atom stereocenters. The zero-order valence-corrected chi connectivity index (χ0v) is 18.6. The molecule has 7 nitrogen and oxygen atoms in total. The highest BCUT2D eigenvalue weighted by Gasteiger charge is 2.38. The van der Waals surface area contributed by atoms with Crippen molar-refractivity contribution in [3.63, 3.8) is 0 Å². The summed E-state index contributed by atoms with van der Waals surface area (Å²) in [5.41, 5.74) is 1.59. The molecule has 2 N–H and O–H groups in total. The van der Waals surface area contributed by atoms with Crippen LogP contribution >= 0.6 is 11.6 Å². The van der Waals surface area contributed by atoms with Crippen LogP contribution in [0.4, 0.5) is 0 Å². The maximum Gasteiger partial charge on any atom is 0.337 e. The lowest BCUT2D eigenvalue weighted by Crippen LogP contribution is -2.54. The van der Waals surface area contributed by atoms with Crippen molar-refractivity contribution in [2.24, 2.45) is 0 Å². The Morgan fingerprint density at radius 1 is 1.19 bits per heavy atom. The quantitative estimate of drug-likeness (QED) is 0.563. The van der Waals surface area contributed by atoms with Crippen LogP contribution in [0.15, 0.2) is 54.6 Å². The van der Waals surface area contributed by atoms with E-state index in [-0.39, 0.29) is 31.9 Å². The van der Waals surface area contributed by atoms with Gasteiger partial charge in [0, 0.05) is 18.0 Å². The molecular weight excluding hydrogens is 432 g/mol. The monoisotopic (exact) mass is 458 g/mol. The number of esters is 1. The second-order valence-electron chi connectivity index (χ2n) is 7.67. The summed E-state index contributed by atoms with van der Waals surface area (Å²) in [4.78, 5) is 39.3. The van der Waals surface area contributed by atoms with Crippen LogP contribution in [0, 0.1) is 0 Å². The molecule has 3 rings (SSSR count). The van der Waals surface area contributed by atoms with E-state index in [1.54, 1.807) is 19.1 Å². The maximum atomic E-state index is 13.2. The Bertz CT molecular complexity index is 952. The molecule has 32 heavy (non-hydrogen) atoms. The minimum Gasteiger partial charge on any atom is -0.464 e. The highest BCUT2D eigenvalue weighted by molar-refractivity contribution is 6.31. The highest BCUT2D eigenvalue weighted by atomic mass is 35.5. The molecule has 8 heteroatoms. The van der Waals surface area contributed by atoms with E-state index < -0.39 is 30.1 Å². The molecule has 1 fully saturated rings. The number of amides is 2. The predicted molar refractivity (Wildman–Crippen MR) is 120 cm³/mol. The van der Waals surface area contributed by atoms with Gasteiger partial charge in [-0.15, -0.1) is 0 Å². The molecule has 1 aliphatic rings. The fourth-order valence-corrected chi connectivity index (χ4v) is 3.99. The van der Waals surface area contributed by atoms with E-state index in [2.05, 4.69) is 5.32 Å². The van der Waals surface area contributed by atoms with E-state index in [0.717, 1.165) is 11.1 Å². The summed E-state index contributed by atoms with van der Waals surface area (Å²) < 4.78 is 4.94. The number of likely N-dealkylation sites (tertiary alicyclic amines) is 1. The Morgan fingerprint density at radius 3 is 2.56 bits per heavy atom. The lowest BCUT2D eigenvalue weighted by molar-refractivity contribution is -0.155. The Balaban J connectivity index is 1.76. The summed E-state index contributed by atoms with van der Waals surface area (Å²) in [6.45, 7) is 1.97. The summed E-state index contributed by atoms with van der Waals surface area (Å²) in [7, 11) is 0. The van der Waals surface area contributed by atoms with Crippen LogP contribution in [-0.4, -0.2) is 52.6 Å². The fourth-order valence-electron chi connectivity index (χ4n) is 3.80. The van der Waals surface area contributed by atoms with E-state index in [9.17, 15) is 19.5 Å². The Kier molecular flexibility index (Phi) is 8.25. The molecule has 0 spiro atoms. The largest absolute Gasteiger partial charge is 0.464 e. The number of aliphatic hydroxyl groups excluding tert-OH is 1. The molecule has 2 amide bonds. The number of carbonyl (C=O) groups is 3. The van der Waals surface area contributed by atoms with Gasteiger partial charge in [0.05, 0.1) is 12.6 Å². The predicted octanol–water partition coefficient (Wildman–Crippen LogP) is 2.48. The fraction of sp³-hybridized carbons (Fsp3) is 0.375. The number of rotatable bonds is 9. The minimum atomic E-state index is -1.53. The van der Waals surface area contributed by atoms with Gasteiger partial charge in [0.25, 0.3) is 0 Å². The van der Waals surface area contributed by atoms with Gasteiger partial charge in [0.1, 0.15) is 6.04 Å². The molecule has 0 aromatic heterocycles. The topological polar surface area (TPSA) is 95.9 Å². The highest BCUT2D eigenvalue weighted by Crippen LogP contribution is 2.25. The van der Waals surface area contributed by atoms with Crippen molar-refractivity contribution in [1.29, 1.82) is 0 Å². The third kappa shape index (κ3) is 5.87. The lowest BCUT2D eigenvalue weighted by Gasteiger charge is -2.28. The number of nitrogens with zero attached hydrogens (tertiary/aromatic N) is 1. The van der Waals surface area contributed by atoms with Crippen molar-refractivity contribution in [3.05, 3.63) is 70.7 Å². The first-order valence-electron chi connectivity index (χ1n) is 10.6. The number of benzene rings is 2. The van der Waals surface area contributed by atoms with Gasteiger partial charge in [-0.05, 0) is 37.0 Å². The number of hydrogen-bond acceptors (Lipinski definition) is 5. The number of nitrogens with one attached hydrogen (secondary N) is 1. The molecule has 170 valence electrons. The van der Waals surface area contributed by atoms with Crippen molar-refractivity contribution in [3.8, 4) is 0 Å². The molecule has 3 atom stereocenters. The van der Waals surface area contributed by atoms with Crippen LogP contribution in [0.3, 0.4) is 0 Å². The first-order valence-corrected chi connectivity index (χ1v) is 11.0. The van der Waals surface area contributed by atoms with E-state index in [1.807, 2.05) is 42.5 Å². The van der Waals surface area contributed by atoms with Crippen LogP contribution in [0.2, 0.25) is 5.02 Å². The lowest BCUT2D eigenvalue weighted by atomic mass is 10.0. The molecule has 0 bridgehead atoms. The second kappa shape index (κ2) is 11.1. The van der Waals surface area contributed by atoms with E-state index >= 15 is 0 Å². The molecule has 2 aromatic carbocycles. The van der Waals surface area contributed by atoms with Gasteiger partial charge in [0.15, 0.2) is 6.10 Å². The zero-order chi connectivity index (χ0) is 23.1. The van der Waals surface area contributed by atoms with Crippen LogP contribution in [0.1, 0.15) is 30.9 Å². The van der Waals surface area contributed by atoms with Gasteiger partial charge in [-0.3, -0.25) is 9.59 Å². The van der Waals surface area contributed by atoms with Crippen molar-refractivity contribution in [2.45, 2.75) is 50.9 Å². The number of carbonyl (C=O) groups excluding carboxylic acids is 3. The van der Waals surface area contributed by atoms with Gasteiger partial charge in [0.2, 0.25) is 11.8 Å². The van der Waals surface area contributed by atoms with Gasteiger partial charge in [-0.2, -0.15) is 0 Å². The van der Waals surface area contributed by atoms with Crippen molar-refractivity contribution < 1.29 is 24.2 Å². The third-order valence-electron chi connectivity index (χ3n) is 5.46. The van der Waals surface area contributed by atoms with Gasteiger partial charge in [-0.1, -0.05) is 60.1 Å². The van der Waals surface area contributed by atoms with Crippen molar-refractivity contribution >= 4 is 29.4 Å². The standard InChI is InChI=1S/C24H27ClN2O5/c1-2-32-24(31)22(29)19(14-16-8-4-3-5-9-16)26-23(30)20-12-13-21(28)27(20)15-17-10-6-7-11-18(17)25/h3-11,19-20,22,29H,2,12-15H2,1H3,(H,26,30). The first-order chi connectivity index (χ1) is 15.4. The zero-order valence-electron chi connectivity index (χ0n) is 17.9. The Labute approximate surface area is 192 Å². The van der Waals surface area contributed by atoms with Crippen molar-refractivity contribution in [1.82, 2.24) is 10.2 Å². The Hall–Kier alpha value is -2.90. The minimum absolute atomic E-state index is 0.116. The summed E-state index contributed by atoms with van der Waals surface area (Å²) >= 11 is 6.24. The van der Waals surface area contributed by atoms with Crippen LogP contribution in [0.5, 0.6) is 0 Å². The second-order valence-corrected chi connectivity index (χ2v) is 8.08. The maximum absolute atomic E-state index is 13.2. The number of halogens is 1. The van der Waals surface area contributed by atoms with E-state index in [0.29, 0.717) is 11.4 Å². The summed E-state index contributed by atoms with van der Waals surface area (Å²) in [5, 5.41) is 13.9. The van der Waals surface area contributed by atoms with Gasteiger partial charge < -0.3 is 20.1 Å². The van der Waals surface area contributed by atoms with E-state index in [1.165, 1.54) is 4.90 Å². The molecular formula is C24H27ClN2O5. The van der Waals surface area contributed by atoms with Crippen LogP contribution in [-0.2, 0) is 32.1 Å². The van der Waals surface area contributed by atoms with Crippen LogP contribution in [0.25, 0.3) is 0 Å². The third-order valence-corrected chi connectivity index (χ3v) is 5.83. The molecule has 0 aliphatic carbocycles. The molecule has 1 aliphatic heterocycles. The smallest absolute Gasteiger partial charge is 0.337 e. The first kappa shape index (κ1) is 23.8. The molecule has 1 heterocycles. The Morgan fingerprint density at radius 2 is 1.88 bits per heavy atom.